The van der Waals surface area contributed by atoms with E-state index in [0.29, 0.717) is 0 Å². The molecule has 0 spiro atoms. The van der Waals surface area contributed by atoms with E-state index in [1.807, 2.05) is 6.07 Å². The van der Waals surface area contributed by atoms with Gasteiger partial charge in [0.2, 0.25) is 0 Å². The first-order chi connectivity index (χ1) is 8.84. The summed E-state index contributed by atoms with van der Waals surface area (Å²) in [5.74, 6) is 2.48. The van der Waals surface area contributed by atoms with Gasteiger partial charge in [0.1, 0.15) is 0 Å². The summed E-state index contributed by atoms with van der Waals surface area (Å²) in [6, 6.07) is 12.8. The first-order valence-corrected chi connectivity index (χ1v) is 7.10. The van der Waals surface area contributed by atoms with E-state index in [0.717, 1.165) is 22.8 Å². The molecule has 2 fully saturated rings. The van der Waals surface area contributed by atoms with Crippen LogP contribution in [0.4, 0.5) is 0 Å². The fraction of sp³-hybridized carbons (Fsp3) is 0.375. The van der Waals surface area contributed by atoms with E-state index in [2.05, 4.69) is 35.6 Å². The highest BCUT2D eigenvalue weighted by Gasteiger charge is 2.44. The standard InChI is InChI=1S/C16H16ClN/c17-16-6-2-4-11-12(3-1-5-13(11)16)14-7-10-8-18-9-15(10)14/h1-6,10,14-15,18H,7-9H2. The van der Waals surface area contributed by atoms with Crippen molar-refractivity contribution in [1.82, 2.24) is 5.32 Å². The number of halogens is 1. The van der Waals surface area contributed by atoms with Gasteiger partial charge in [-0.15, -0.1) is 0 Å². The van der Waals surface area contributed by atoms with Crippen molar-refractivity contribution in [3.63, 3.8) is 0 Å². The molecule has 0 bridgehead atoms. The predicted molar refractivity (Wildman–Crippen MR) is 76.2 cm³/mol. The van der Waals surface area contributed by atoms with Gasteiger partial charge in [0.15, 0.2) is 0 Å². The lowest BCUT2D eigenvalue weighted by molar-refractivity contribution is 0.192. The van der Waals surface area contributed by atoms with Crippen LogP contribution in [0.5, 0.6) is 0 Å². The van der Waals surface area contributed by atoms with Crippen molar-refractivity contribution >= 4 is 22.4 Å². The molecule has 92 valence electrons. The molecular formula is C16H16ClN. The summed E-state index contributed by atoms with van der Waals surface area (Å²) in [6.45, 7) is 2.40. The summed E-state index contributed by atoms with van der Waals surface area (Å²) in [7, 11) is 0. The van der Waals surface area contributed by atoms with Crippen LogP contribution in [-0.2, 0) is 0 Å². The van der Waals surface area contributed by atoms with Crippen LogP contribution in [0.1, 0.15) is 17.9 Å². The highest BCUT2D eigenvalue weighted by atomic mass is 35.5. The largest absolute Gasteiger partial charge is 0.316 e. The molecule has 1 N–H and O–H groups in total. The van der Waals surface area contributed by atoms with Crippen LogP contribution < -0.4 is 5.32 Å². The molecule has 1 saturated carbocycles. The normalized spacial score (nSPS) is 30.2. The average molecular weight is 258 g/mol. The van der Waals surface area contributed by atoms with Gasteiger partial charge in [-0.1, -0.05) is 41.9 Å². The molecule has 3 unspecified atom stereocenters. The summed E-state index contributed by atoms with van der Waals surface area (Å²) in [4.78, 5) is 0. The van der Waals surface area contributed by atoms with E-state index in [-0.39, 0.29) is 0 Å². The lowest BCUT2D eigenvalue weighted by Gasteiger charge is -2.40. The van der Waals surface area contributed by atoms with Gasteiger partial charge in [0.05, 0.1) is 0 Å². The van der Waals surface area contributed by atoms with Crippen LogP contribution >= 0.6 is 11.6 Å². The molecular weight excluding hydrogens is 242 g/mol. The van der Waals surface area contributed by atoms with Crippen LogP contribution in [0.25, 0.3) is 10.8 Å². The number of rotatable bonds is 1. The Labute approximate surface area is 112 Å². The van der Waals surface area contributed by atoms with Crippen molar-refractivity contribution in [2.75, 3.05) is 13.1 Å². The summed E-state index contributed by atoms with van der Waals surface area (Å²) >= 11 is 6.29. The SMILES string of the molecule is Clc1cccc2c(C3CC4CNCC43)cccc12. The van der Waals surface area contributed by atoms with Crippen molar-refractivity contribution in [3.8, 4) is 0 Å². The summed E-state index contributed by atoms with van der Waals surface area (Å²) < 4.78 is 0. The predicted octanol–water partition coefficient (Wildman–Crippen LogP) is 3.82. The molecule has 1 aliphatic heterocycles. The monoisotopic (exact) mass is 257 g/mol. The van der Waals surface area contributed by atoms with Crippen LogP contribution in [0.3, 0.4) is 0 Å². The summed E-state index contributed by atoms with van der Waals surface area (Å²) in [5.41, 5.74) is 1.50. The third-order valence-electron chi connectivity index (χ3n) is 4.77. The molecule has 2 aromatic rings. The molecule has 0 aromatic heterocycles. The third-order valence-corrected chi connectivity index (χ3v) is 5.10. The zero-order valence-corrected chi connectivity index (χ0v) is 11.0. The van der Waals surface area contributed by atoms with E-state index in [1.165, 1.54) is 35.8 Å². The first kappa shape index (κ1) is 10.8. The second-order valence-corrected chi connectivity index (χ2v) is 6.01. The fourth-order valence-electron chi connectivity index (χ4n) is 3.76. The Bertz CT molecular complexity index is 607. The molecule has 2 aromatic carbocycles. The number of hydrogen-bond acceptors (Lipinski definition) is 1. The molecule has 2 aliphatic rings. The van der Waals surface area contributed by atoms with Crippen LogP contribution in [0.2, 0.25) is 5.02 Å². The minimum atomic E-state index is 0.729. The number of hydrogen-bond donors (Lipinski definition) is 1. The van der Waals surface area contributed by atoms with Crippen LogP contribution in [0, 0.1) is 11.8 Å². The Balaban J connectivity index is 1.83. The Morgan fingerprint density at radius 2 is 1.83 bits per heavy atom. The molecule has 1 heterocycles. The van der Waals surface area contributed by atoms with Gasteiger partial charge in [-0.2, -0.15) is 0 Å². The summed E-state index contributed by atoms with van der Waals surface area (Å²) in [6.07, 6.45) is 1.34. The number of fused-ring (bicyclic) bond motifs is 2. The maximum Gasteiger partial charge on any atom is 0.0484 e. The van der Waals surface area contributed by atoms with Crippen LogP contribution in [0.15, 0.2) is 36.4 Å². The minimum absolute atomic E-state index is 0.729. The Hall–Kier alpha value is -1.05. The fourth-order valence-corrected chi connectivity index (χ4v) is 4.00. The maximum absolute atomic E-state index is 6.29. The Morgan fingerprint density at radius 3 is 2.72 bits per heavy atom. The van der Waals surface area contributed by atoms with Crippen molar-refractivity contribution in [2.24, 2.45) is 11.8 Å². The van der Waals surface area contributed by atoms with Gasteiger partial charge in [0.25, 0.3) is 0 Å². The smallest absolute Gasteiger partial charge is 0.0484 e. The maximum atomic E-state index is 6.29. The molecule has 1 saturated heterocycles. The number of benzene rings is 2. The van der Waals surface area contributed by atoms with Crippen molar-refractivity contribution in [3.05, 3.63) is 47.0 Å². The zero-order chi connectivity index (χ0) is 12.1. The molecule has 18 heavy (non-hydrogen) atoms. The Morgan fingerprint density at radius 1 is 1.00 bits per heavy atom. The lowest BCUT2D eigenvalue weighted by atomic mass is 9.63. The van der Waals surface area contributed by atoms with Gasteiger partial charge < -0.3 is 5.32 Å². The molecule has 1 nitrogen and oxygen atoms in total. The van der Waals surface area contributed by atoms with Gasteiger partial charge in [-0.05, 0) is 54.3 Å². The number of nitrogens with one attached hydrogen (secondary N) is 1. The van der Waals surface area contributed by atoms with Crippen molar-refractivity contribution in [2.45, 2.75) is 12.3 Å². The van der Waals surface area contributed by atoms with Gasteiger partial charge in [-0.3, -0.25) is 0 Å². The van der Waals surface area contributed by atoms with E-state index >= 15 is 0 Å². The van der Waals surface area contributed by atoms with E-state index in [4.69, 9.17) is 11.6 Å². The van der Waals surface area contributed by atoms with Crippen molar-refractivity contribution < 1.29 is 0 Å². The van der Waals surface area contributed by atoms with E-state index < -0.39 is 0 Å². The van der Waals surface area contributed by atoms with Gasteiger partial charge in [0, 0.05) is 10.4 Å². The molecule has 3 atom stereocenters. The van der Waals surface area contributed by atoms with E-state index in [1.54, 1.807) is 0 Å². The lowest BCUT2D eigenvalue weighted by Crippen LogP contribution is -2.33. The third kappa shape index (κ3) is 1.44. The van der Waals surface area contributed by atoms with Gasteiger partial charge >= 0.3 is 0 Å². The topological polar surface area (TPSA) is 12.0 Å². The quantitative estimate of drug-likeness (QED) is 0.819. The molecule has 0 radical (unpaired) electrons. The minimum Gasteiger partial charge on any atom is -0.316 e. The second-order valence-electron chi connectivity index (χ2n) is 5.61. The summed E-state index contributed by atoms with van der Waals surface area (Å²) in [5, 5.41) is 6.94. The van der Waals surface area contributed by atoms with Gasteiger partial charge in [-0.25, -0.2) is 0 Å². The molecule has 0 amide bonds. The van der Waals surface area contributed by atoms with E-state index in [9.17, 15) is 0 Å². The molecule has 1 aliphatic carbocycles. The zero-order valence-electron chi connectivity index (χ0n) is 10.2. The first-order valence-electron chi connectivity index (χ1n) is 6.72. The highest BCUT2D eigenvalue weighted by molar-refractivity contribution is 6.35. The Kier molecular flexibility index (Phi) is 2.39. The molecule has 2 heteroatoms. The average Bonchev–Trinajstić information content (AvgIpc) is 2.72. The second kappa shape index (κ2) is 3.97. The molecule has 4 rings (SSSR count). The highest BCUT2D eigenvalue weighted by Crippen LogP contribution is 2.50. The van der Waals surface area contributed by atoms with Crippen molar-refractivity contribution in [1.29, 1.82) is 0 Å². The van der Waals surface area contributed by atoms with Crippen LogP contribution in [-0.4, -0.2) is 13.1 Å².